The lowest BCUT2D eigenvalue weighted by Crippen LogP contribution is -2.12. The van der Waals surface area contributed by atoms with Crippen LogP contribution in [0, 0.1) is 12.8 Å². The van der Waals surface area contributed by atoms with E-state index in [0.29, 0.717) is 29.4 Å². The van der Waals surface area contributed by atoms with Crippen molar-refractivity contribution in [1.29, 1.82) is 0 Å². The van der Waals surface area contributed by atoms with Crippen molar-refractivity contribution in [2.45, 2.75) is 13.3 Å². The molecule has 1 saturated heterocycles. The van der Waals surface area contributed by atoms with E-state index in [1.165, 1.54) is 0 Å². The fourth-order valence-corrected chi connectivity index (χ4v) is 1.71. The Kier molecular flexibility index (Phi) is 3.38. The van der Waals surface area contributed by atoms with E-state index in [9.17, 15) is 0 Å². The molecule has 82 valence electrons. The predicted molar refractivity (Wildman–Crippen MR) is 56.2 cm³/mol. The van der Waals surface area contributed by atoms with Gasteiger partial charge in [-0.3, -0.25) is 0 Å². The monoisotopic (exact) mass is 228 g/mol. The Hall–Kier alpha value is -0.870. The van der Waals surface area contributed by atoms with Crippen LogP contribution in [0.3, 0.4) is 0 Å². The highest BCUT2D eigenvalue weighted by atomic mass is 35.5. The zero-order valence-electron chi connectivity index (χ0n) is 8.57. The highest BCUT2D eigenvalue weighted by Crippen LogP contribution is 2.17. The van der Waals surface area contributed by atoms with Crippen molar-refractivity contribution < 1.29 is 9.47 Å². The van der Waals surface area contributed by atoms with Crippen LogP contribution in [-0.4, -0.2) is 29.8 Å². The SMILES string of the molecule is Cc1nc(Cl)cc(OCC2CCOC2)n1. The molecule has 0 saturated carbocycles. The van der Waals surface area contributed by atoms with Gasteiger partial charge in [-0.15, -0.1) is 0 Å². The zero-order chi connectivity index (χ0) is 10.7. The minimum Gasteiger partial charge on any atom is -0.477 e. The fraction of sp³-hybridized carbons (Fsp3) is 0.600. The third-order valence-corrected chi connectivity index (χ3v) is 2.47. The van der Waals surface area contributed by atoms with Gasteiger partial charge >= 0.3 is 0 Å². The van der Waals surface area contributed by atoms with Gasteiger partial charge in [0.1, 0.15) is 11.0 Å². The van der Waals surface area contributed by atoms with Crippen LogP contribution in [0.2, 0.25) is 5.15 Å². The van der Waals surface area contributed by atoms with Crippen molar-refractivity contribution in [3.05, 3.63) is 17.0 Å². The molecule has 5 heteroatoms. The highest BCUT2D eigenvalue weighted by Gasteiger charge is 2.16. The maximum atomic E-state index is 5.79. The van der Waals surface area contributed by atoms with E-state index >= 15 is 0 Å². The van der Waals surface area contributed by atoms with E-state index in [2.05, 4.69) is 9.97 Å². The van der Waals surface area contributed by atoms with E-state index in [1.807, 2.05) is 0 Å². The lowest BCUT2D eigenvalue weighted by Gasteiger charge is -2.09. The Morgan fingerprint density at radius 1 is 1.60 bits per heavy atom. The molecule has 1 aliphatic rings. The molecular formula is C10H13ClN2O2. The molecule has 1 aromatic rings. The van der Waals surface area contributed by atoms with Crippen LogP contribution < -0.4 is 4.74 Å². The Bertz CT molecular complexity index is 320. The number of hydrogen-bond acceptors (Lipinski definition) is 4. The summed E-state index contributed by atoms with van der Waals surface area (Å²) in [5.74, 6) is 1.64. The summed E-state index contributed by atoms with van der Waals surface area (Å²) in [6, 6.07) is 1.63. The van der Waals surface area contributed by atoms with Crippen LogP contribution in [0.1, 0.15) is 12.2 Å². The first-order valence-electron chi connectivity index (χ1n) is 4.96. The minimum absolute atomic E-state index is 0.417. The van der Waals surface area contributed by atoms with Crippen LogP contribution in [0.15, 0.2) is 6.07 Å². The van der Waals surface area contributed by atoms with Crippen LogP contribution in [-0.2, 0) is 4.74 Å². The zero-order valence-corrected chi connectivity index (χ0v) is 9.33. The Labute approximate surface area is 93.6 Å². The molecule has 1 unspecified atom stereocenters. The van der Waals surface area contributed by atoms with Crippen LogP contribution in [0.4, 0.5) is 0 Å². The standard InChI is InChI=1S/C10H13ClN2O2/c1-7-12-9(11)4-10(13-7)15-6-8-2-3-14-5-8/h4,8H,2-3,5-6H2,1H3. The summed E-state index contributed by atoms with van der Waals surface area (Å²) in [6.45, 7) is 4.03. The van der Waals surface area contributed by atoms with Gasteiger partial charge in [-0.25, -0.2) is 4.98 Å². The van der Waals surface area contributed by atoms with Crippen molar-refractivity contribution in [2.24, 2.45) is 5.92 Å². The van der Waals surface area contributed by atoms with Crippen molar-refractivity contribution in [1.82, 2.24) is 9.97 Å². The van der Waals surface area contributed by atoms with Gasteiger partial charge in [-0.2, -0.15) is 4.98 Å². The Balaban J connectivity index is 1.92. The van der Waals surface area contributed by atoms with Crippen LogP contribution in [0.25, 0.3) is 0 Å². The average Bonchev–Trinajstić information content (AvgIpc) is 2.65. The lowest BCUT2D eigenvalue weighted by atomic mass is 10.1. The molecule has 1 atom stereocenters. The van der Waals surface area contributed by atoms with E-state index < -0.39 is 0 Å². The largest absolute Gasteiger partial charge is 0.477 e. The van der Waals surface area contributed by atoms with Gasteiger partial charge in [0.2, 0.25) is 5.88 Å². The van der Waals surface area contributed by atoms with Crippen LogP contribution >= 0.6 is 11.6 Å². The summed E-state index contributed by atoms with van der Waals surface area (Å²) >= 11 is 5.79. The van der Waals surface area contributed by atoms with Gasteiger partial charge < -0.3 is 9.47 Å². The molecule has 0 N–H and O–H groups in total. The number of aryl methyl sites for hydroxylation is 1. The van der Waals surface area contributed by atoms with E-state index in [0.717, 1.165) is 19.6 Å². The van der Waals surface area contributed by atoms with E-state index in [1.54, 1.807) is 13.0 Å². The third-order valence-electron chi connectivity index (χ3n) is 2.27. The van der Waals surface area contributed by atoms with Gasteiger partial charge in [0.05, 0.1) is 13.2 Å². The second kappa shape index (κ2) is 4.77. The maximum Gasteiger partial charge on any atom is 0.218 e. The van der Waals surface area contributed by atoms with Gasteiger partial charge in [-0.1, -0.05) is 11.6 Å². The number of hydrogen-bond donors (Lipinski definition) is 0. The molecule has 1 aliphatic heterocycles. The summed E-state index contributed by atoms with van der Waals surface area (Å²) in [4.78, 5) is 8.10. The fourth-order valence-electron chi connectivity index (χ4n) is 1.50. The van der Waals surface area contributed by atoms with Gasteiger partial charge in [-0.05, 0) is 13.3 Å². The van der Waals surface area contributed by atoms with Gasteiger partial charge in [0.25, 0.3) is 0 Å². The van der Waals surface area contributed by atoms with Crippen molar-refractivity contribution in [3.63, 3.8) is 0 Å². The van der Waals surface area contributed by atoms with E-state index in [-0.39, 0.29) is 0 Å². The van der Waals surface area contributed by atoms with Crippen molar-refractivity contribution >= 4 is 11.6 Å². The van der Waals surface area contributed by atoms with Crippen molar-refractivity contribution in [2.75, 3.05) is 19.8 Å². The molecule has 15 heavy (non-hydrogen) atoms. The van der Waals surface area contributed by atoms with E-state index in [4.69, 9.17) is 21.1 Å². The molecule has 0 aliphatic carbocycles. The molecule has 1 aromatic heterocycles. The van der Waals surface area contributed by atoms with Crippen LogP contribution in [0.5, 0.6) is 5.88 Å². The number of ether oxygens (including phenoxy) is 2. The first kappa shape index (κ1) is 10.6. The Morgan fingerprint density at radius 2 is 2.47 bits per heavy atom. The molecule has 0 aromatic carbocycles. The molecule has 0 radical (unpaired) electrons. The predicted octanol–water partition coefficient (Wildman–Crippen LogP) is 1.85. The lowest BCUT2D eigenvalue weighted by molar-refractivity contribution is 0.165. The molecule has 2 heterocycles. The second-order valence-corrected chi connectivity index (χ2v) is 4.00. The van der Waals surface area contributed by atoms with Crippen molar-refractivity contribution in [3.8, 4) is 5.88 Å². The quantitative estimate of drug-likeness (QED) is 0.741. The number of halogens is 1. The first-order valence-corrected chi connectivity index (χ1v) is 5.33. The number of aromatic nitrogens is 2. The second-order valence-electron chi connectivity index (χ2n) is 3.62. The average molecular weight is 229 g/mol. The van der Waals surface area contributed by atoms with Gasteiger partial charge in [0, 0.05) is 18.6 Å². The normalized spacial score (nSPS) is 20.5. The summed E-state index contributed by atoms with van der Waals surface area (Å²) in [5, 5.41) is 0.417. The molecule has 2 rings (SSSR count). The summed E-state index contributed by atoms with van der Waals surface area (Å²) in [6.07, 6.45) is 1.05. The first-order chi connectivity index (χ1) is 7.24. The molecular weight excluding hydrogens is 216 g/mol. The third kappa shape index (κ3) is 3.04. The summed E-state index contributed by atoms with van der Waals surface area (Å²) in [5.41, 5.74) is 0. The molecule has 0 bridgehead atoms. The Morgan fingerprint density at radius 3 is 3.13 bits per heavy atom. The summed E-state index contributed by atoms with van der Waals surface area (Å²) in [7, 11) is 0. The van der Waals surface area contributed by atoms with Gasteiger partial charge in [0.15, 0.2) is 0 Å². The molecule has 0 spiro atoms. The smallest absolute Gasteiger partial charge is 0.218 e. The molecule has 1 fully saturated rings. The number of nitrogens with zero attached hydrogens (tertiary/aromatic N) is 2. The topological polar surface area (TPSA) is 44.2 Å². The molecule has 4 nitrogen and oxygen atoms in total. The maximum absolute atomic E-state index is 5.79. The number of rotatable bonds is 3. The highest BCUT2D eigenvalue weighted by molar-refractivity contribution is 6.29. The summed E-state index contributed by atoms with van der Waals surface area (Å²) < 4.78 is 10.8. The minimum atomic E-state index is 0.417. The molecule has 0 amide bonds.